The molecule has 0 saturated heterocycles. The van der Waals surface area contributed by atoms with Crippen LogP contribution >= 0.6 is 0 Å². The molecule has 0 unspecified atom stereocenters. The number of carbonyl (C=O) groups is 1. The van der Waals surface area contributed by atoms with Gasteiger partial charge < -0.3 is 4.74 Å². The zero-order valence-corrected chi connectivity index (χ0v) is 10.9. The predicted molar refractivity (Wildman–Crippen MR) is 65.1 cm³/mol. The van der Waals surface area contributed by atoms with E-state index in [1.807, 2.05) is 6.92 Å². The fourth-order valence-electron chi connectivity index (χ4n) is 2.67. The van der Waals surface area contributed by atoms with Gasteiger partial charge in [0, 0.05) is 19.3 Å². The van der Waals surface area contributed by atoms with Crippen molar-refractivity contribution in [2.45, 2.75) is 65.0 Å². The number of carbonyl (C=O) groups excluding carboxylic acids is 1. The molecule has 1 fully saturated rings. The molecular formula is C13H25NO2. The Bertz CT molecular complexity index is 218. The maximum atomic E-state index is 11.6. The number of rotatable bonds is 5. The molecule has 0 aromatic heterocycles. The summed E-state index contributed by atoms with van der Waals surface area (Å²) in [6.45, 7) is 8.04. The lowest BCUT2D eigenvalue weighted by molar-refractivity contribution is -0.193. The summed E-state index contributed by atoms with van der Waals surface area (Å²) in [6, 6.07) is 0. The van der Waals surface area contributed by atoms with E-state index in [1.165, 1.54) is 19.3 Å². The van der Waals surface area contributed by atoms with Crippen LogP contribution in [0.1, 0.15) is 59.3 Å². The van der Waals surface area contributed by atoms with E-state index in [0.717, 1.165) is 25.9 Å². The lowest BCUT2D eigenvalue weighted by Gasteiger charge is -2.44. The first-order valence-corrected chi connectivity index (χ1v) is 6.65. The van der Waals surface area contributed by atoms with Gasteiger partial charge in [-0.15, -0.1) is 0 Å². The van der Waals surface area contributed by atoms with Crippen molar-refractivity contribution in [3.63, 3.8) is 0 Å². The van der Waals surface area contributed by atoms with E-state index in [4.69, 9.17) is 4.74 Å². The van der Waals surface area contributed by atoms with Gasteiger partial charge in [0.2, 0.25) is 0 Å². The van der Waals surface area contributed by atoms with Crippen LogP contribution in [0, 0.1) is 0 Å². The van der Waals surface area contributed by atoms with Crippen LogP contribution in [0.3, 0.4) is 0 Å². The van der Waals surface area contributed by atoms with Crippen LogP contribution in [0.25, 0.3) is 0 Å². The molecule has 3 heteroatoms. The van der Waals surface area contributed by atoms with Crippen LogP contribution in [0.5, 0.6) is 0 Å². The molecule has 0 radical (unpaired) electrons. The minimum absolute atomic E-state index is 0.0613. The first-order chi connectivity index (χ1) is 7.68. The number of hydrogen-bond donors (Lipinski definition) is 0. The van der Waals surface area contributed by atoms with Crippen LogP contribution in [-0.4, -0.2) is 29.7 Å². The van der Waals surface area contributed by atoms with Crippen molar-refractivity contribution in [1.82, 2.24) is 4.90 Å². The smallest absolute Gasteiger partial charge is 0.307 e. The van der Waals surface area contributed by atoms with Gasteiger partial charge in [-0.05, 0) is 25.9 Å². The zero-order chi connectivity index (χ0) is 12.0. The normalized spacial score (nSPS) is 19.8. The molecular weight excluding hydrogens is 202 g/mol. The quantitative estimate of drug-likeness (QED) is 0.534. The first-order valence-electron chi connectivity index (χ1n) is 6.65. The van der Waals surface area contributed by atoms with Crippen molar-refractivity contribution in [1.29, 1.82) is 0 Å². The standard InChI is InChI=1S/C13H25NO2/c1-4-12(15)16-13(14(5-2)6-3)10-8-7-9-11-13/h4-11H2,1-3H3. The molecule has 0 aliphatic heterocycles. The minimum atomic E-state index is -0.297. The fourth-order valence-corrected chi connectivity index (χ4v) is 2.67. The average Bonchev–Trinajstić information content (AvgIpc) is 2.31. The highest BCUT2D eigenvalue weighted by molar-refractivity contribution is 5.69. The molecule has 1 aliphatic carbocycles. The Hall–Kier alpha value is -0.570. The summed E-state index contributed by atoms with van der Waals surface area (Å²) in [6.07, 6.45) is 6.09. The van der Waals surface area contributed by atoms with Crippen LogP contribution in [-0.2, 0) is 9.53 Å². The lowest BCUT2D eigenvalue weighted by Crippen LogP contribution is -2.53. The molecule has 0 amide bonds. The van der Waals surface area contributed by atoms with E-state index in [2.05, 4.69) is 18.7 Å². The van der Waals surface area contributed by atoms with Crippen LogP contribution in [0.15, 0.2) is 0 Å². The summed E-state index contributed by atoms with van der Waals surface area (Å²) >= 11 is 0. The van der Waals surface area contributed by atoms with Gasteiger partial charge in [0.05, 0.1) is 0 Å². The Kier molecular flexibility index (Phi) is 5.26. The molecule has 0 aromatic carbocycles. The molecule has 0 bridgehead atoms. The van der Waals surface area contributed by atoms with E-state index in [-0.39, 0.29) is 11.7 Å². The Balaban J connectivity index is 2.77. The number of hydrogen-bond acceptors (Lipinski definition) is 3. The SMILES string of the molecule is CCC(=O)OC1(N(CC)CC)CCCCC1. The Morgan fingerprint density at radius 1 is 1.12 bits per heavy atom. The molecule has 0 N–H and O–H groups in total. The molecule has 1 aliphatic rings. The summed E-state index contributed by atoms with van der Waals surface area (Å²) < 4.78 is 5.76. The van der Waals surface area contributed by atoms with Crippen LogP contribution < -0.4 is 0 Å². The second-order valence-corrected chi connectivity index (χ2v) is 4.51. The largest absolute Gasteiger partial charge is 0.444 e. The minimum Gasteiger partial charge on any atom is -0.444 e. The van der Waals surface area contributed by atoms with Gasteiger partial charge in [0.15, 0.2) is 5.72 Å². The summed E-state index contributed by atoms with van der Waals surface area (Å²) in [4.78, 5) is 13.9. The predicted octanol–water partition coefficient (Wildman–Crippen LogP) is 2.94. The molecule has 94 valence electrons. The van der Waals surface area contributed by atoms with E-state index >= 15 is 0 Å². The molecule has 0 aromatic rings. The molecule has 1 saturated carbocycles. The fraction of sp³-hybridized carbons (Fsp3) is 0.923. The van der Waals surface area contributed by atoms with Gasteiger partial charge in [0.1, 0.15) is 0 Å². The maximum absolute atomic E-state index is 11.6. The van der Waals surface area contributed by atoms with Gasteiger partial charge in [-0.1, -0.05) is 27.2 Å². The topological polar surface area (TPSA) is 29.5 Å². The van der Waals surface area contributed by atoms with Gasteiger partial charge in [-0.25, -0.2) is 0 Å². The third-order valence-corrected chi connectivity index (χ3v) is 3.57. The van der Waals surface area contributed by atoms with Gasteiger partial charge in [-0.2, -0.15) is 0 Å². The third kappa shape index (κ3) is 2.97. The second kappa shape index (κ2) is 6.24. The van der Waals surface area contributed by atoms with Gasteiger partial charge >= 0.3 is 5.97 Å². The molecule has 3 nitrogen and oxygen atoms in total. The van der Waals surface area contributed by atoms with Crippen LogP contribution in [0.2, 0.25) is 0 Å². The number of esters is 1. The highest BCUT2D eigenvalue weighted by atomic mass is 16.6. The van der Waals surface area contributed by atoms with E-state index < -0.39 is 0 Å². The Morgan fingerprint density at radius 3 is 2.12 bits per heavy atom. The van der Waals surface area contributed by atoms with E-state index in [9.17, 15) is 4.79 Å². The van der Waals surface area contributed by atoms with Crippen LogP contribution in [0.4, 0.5) is 0 Å². The zero-order valence-electron chi connectivity index (χ0n) is 10.9. The van der Waals surface area contributed by atoms with Crippen molar-refractivity contribution in [3.8, 4) is 0 Å². The Morgan fingerprint density at radius 2 is 1.69 bits per heavy atom. The molecule has 0 atom stereocenters. The summed E-state index contributed by atoms with van der Waals surface area (Å²) in [5, 5.41) is 0. The molecule has 1 rings (SSSR count). The van der Waals surface area contributed by atoms with E-state index in [1.54, 1.807) is 0 Å². The summed E-state index contributed by atoms with van der Waals surface area (Å²) in [7, 11) is 0. The highest BCUT2D eigenvalue weighted by Crippen LogP contribution is 2.35. The first kappa shape index (κ1) is 13.5. The van der Waals surface area contributed by atoms with Crippen molar-refractivity contribution in [2.24, 2.45) is 0 Å². The monoisotopic (exact) mass is 227 g/mol. The van der Waals surface area contributed by atoms with Gasteiger partial charge in [-0.3, -0.25) is 9.69 Å². The number of nitrogens with zero attached hydrogens (tertiary/aromatic N) is 1. The molecule has 0 heterocycles. The second-order valence-electron chi connectivity index (χ2n) is 4.51. The highest BCUT2D eigenvalue weighted by Gasteiger charge is 2.39. The lowest BCUT2D eigenvalue weighted by atomic mass is 9.90. The van der Waals surface area contributed by atoms with Crippen molar-refractivity contribution < 1.29 is 9.53 Å². The summed E-state index contributed by atoms with van der Waals surface area (Å²) in [5.41, 5.74) is -0.297. The number of ether oxygens (including phenoxy) is 1. The van der Waals surface area contributed by atoms with E-state index in [0.29, 0.717) is 6.42 Å². The van der Waals surface area contributed by atoms with Crippen molar-refractivity contribution in [3.05, 3.63) is 0 Å². The van der Waals surface area contributed by atoms with Crippen molar-refractivity contribution >= 4 is 5.97 Å². The van der Waals surface area contributed by atoms with Gasteiger partial charge in [0.25, 0.3) is 0 Å². The summed E-state index contributed by atoms with van der Waals surface area (Å²) in [5.74, 6) is -0.0613. The molecule has 16 heavy (non-hydrogen) atoms. The maximum Gasteiger partial charge on any atom is 0.307 e. The average molecular weight is 227 g/mol. The third-order valence-electron chi connectivity index (χ3n) is 3.57. The van der Waals surface area contributed by atoms with Crippen molar-refractivity contribution in [2.75, 3.05) is 13.1 Å². The Labute approximate surface area is 99.1 Å². The molecule has 0 spiro atoms.